The maximum Gasteiger partial charge on any atom is 0.313 e. The number of halogens is 1. The maximum absolute atomic E-state index is 10.8. The van der Waals surface area contributed by atoms with E-state index in [-0.39, 0.29) is 5.75 Å². The average Bonchev–Trinajstić information content (AvgIpc) is 2.71. The van der Waals surface area contributed by atoms with E-state index >= 15 is 0 Å². The molecule has 0 radical (unpaired) electrons. The molecule has 0 fully saturated rings. The number of imidazole rings is 1. The summed E-state index contributed by atoms with van der Waals surface area (Å²) in [6.07, 6.45) is 1.04. The van der Waals surface area contributed by atoms with Gasteiger partial charge in [-0.3, -0.25) is 4.79 Å². The van der Waals surface area contributed by atoms with Crippen LogP contribution in [0.4, 0.5) is 0 Å². The van der Waals surface area contributed by atoms with Gasteiger partial charge in [0.1, 0.15) is 0 Å². The Hall–Kier alpha value is -1.01. The topological polar surface area (TPSA) is 55.1 Å². The number of aryl methyl sites for hydroxylation is 1. The SMILES string of the molecule is CC(C)CCn1c(SCC(=O)O)nc2ccc(Br)cc21. The Bertz CT molecular complexity index is 625. The fourth-order valence-corrected chi connectivity index (χ4v) is 3.02. The van der Waals surface area contributed by atoms with E-state index < -0.39 is 5.97 Å². The van der Waals surface area contributed by atoms with E-state index in [0.29, 0.717) is 5.92 Å². The number of fused-ring (bicyclic) bond motifs is 1. The number of benzene rings is 1. The van der Waals surface area contributed by atoms with Crippen molar-refractivity contribution in [1.29, 1.82) is 0 Å². The molecule has 0 spiro atoms. The number of hydrogen-bond acceptors (Lipinski definition) is 3. The van der Waals surface area contributed by atoms with Gasteiger partial charge in [0.15, 0.2) is 5.16 Å². The average molecular weight is 357 g/mol. The molecule has 0 aliphatic carbocycles. The minimum atomic E-state index is -0.821. The summed E-state index contributed by atoms with van der Waals surface area (Å²) < 4.78 is 3.12. The molecule has 4 nitrogen and oxygen atoms in total. The number of carboxylic acid groups (broad SMARTS) is 1. The second-order valence-electron chi connectivity index (χ2n) is 5.04. The van der Waals surface area contributed by atoms with Gasteiger partial charge < -0.3 is 9.67 Å². The molecule has 0 saturated heterocycles. The van der Waals surface area contributed by atoms with Crippen LogP contribution in [0, 0.1) is 5.92 Å². The molecule has 1 aromatic heterocycles. The van der Waals surface area contributed by atoms with Crippen LogP contribution >= 0.6 is 27.7 Å². The number of nitrogens with zero attached hydrogens (tertiary/aromatic N) is 2. The van der Waals surface area contributed by atoms with Crippen molar-refractivity contribution in [2.24, 2.45) is 5.92 Å². The van der Waals surface area contributed by atoms with Crippen LogP contribution in [-0.4, -0.2) is 26.4 Å². The summed E-state index contributed by atoms with van der Waals surface area (Å²) in [5.74, 6) is -0.192. The van der Waals surface area contributed by atoms with Gasteiger partial charge in [0.25, 0.3) is 0 Å². The Balaban J connectivity index is 2.37. The summed E-state index contributed by atoms with van der Waals surface area (Å²) in [5.41, 5.74) is 1.96. The summed E-state index contributed by atoms with van der Waals surface area (Å²) >= 11 is 4.75. The van der Waals surface area contributed by atoms with Crippen molar-refractivity contribution < 1.29 is 9.90 Å². The Morgan fingerprint density at radius 2 is 2.25 bits per heavy atom. The largest absolute Gasteiger partial charge is 0.481 e. The number of hydrogen-bond donors (Lipinski definition) is 1. The monoisotopic (exact) mass is 356 g/mol. The first-order chi connectivity index (χ1) is 9.47. The molecule has 2 aromatic rings. The number of aromatic nitrogens is 2. The minimum absolute atomic E-state index is 0.0339. The first kappa shape index (κ1) is 15.4. The van der Waals surface area contributed by atoms with E-state index in [9.17, 15) is 4.79 Å². The second-order valence-corrected chi connectivity index (χ2v) is 6.90. The van der Waals surface area contributed by atoms with Gasteiger partial charge in [0.05, 0.1) is 16.8 Å². The third-order valence-electron chi connectivity index (χ3n) is 2.93. The van der Waals surface area contributed by atoms with E-state index in [1.165, 1.54) is 11.8 Å². The van der Waals surface area contributed by atoms with Gasteiger partial charge in [-0.25, -0.2) is 4.98 Å². The first-order valence-electron chi connectivity index (χ1n) is 6.47. The summed E-state index contributed by atoms with van der Waals surface area (Å²) in [6.45, 7) is 5.21. The molecule has 1 N–H and O–H groups in total. The Morgan fingerprint density at radius 1 is 1.50 bits per heavy atom. The zero-order chi connectivity index (χ0) is 14.7. The molecule has 0 aliphatic heterocycles. The maximum atomic E-state index is 10.8. The third kappa shape index (κ3) is 3.76. The smallest absolute Gasteiger partial charge is 0.313 e. The van der Waals surface area contributed by atoms with Gasteiger partial charge in [0, 0.05) is 11.0 Å². The van der Waals surface area contributed by atoms with E-state index in [2.05, 4.69) is 39.3 Å². The highest BCUT2D eigenvalue weighted by atomic mass is 79.9. The summed E-state index contributed by atoms with van der Waals surface area (Å²) in [4.78, 5) is 15.3. The molecule has 0 amide bonds. The quantitative estimate of drug-likeness (QED) is 0.794. The van der Waals surface area contributed by atoms with E-state index in [0.717, 1.165) is 33.6 Å². The lowest BCUT2D eigenvalue weighted by Gasteiger charge is -2.10. The normalized spacial score (nSPS) is 11.4. The zero-order valence-electron chi connectivity index (χ0n) is 11.5. The van der Waals surface area contributed by atoms with Gasteiger partial charge >= 0.3 is 5.97 Å². The molecule has 0 aliphatic rings. The fraction of sp³-hybridized carbons (Fsp3) is 0.429. The lowest BCUT2D eigenvalue weighted by Crippen LogP contribution is -2.05. The zero-order valence-corrected chi connectivity index (χ0v) is 13.9. The molecule has 1 heterocycles. The predicted octanol–water partition coefficient (Wildman–Crippen LogP) is 4.02. The Labute approximate surface area is 130 Å². The van der Waals surface area contributed by atoms with Crippen molar-refractivity contribution in [2.45, 2.75) is 32.0 Å². The molecule has 108 valence electrons. The molecule has 20 heavy (non-hydrogen) atoms. The van der Waals surface area contributed by atoms with Crippen molar-refractivity contribution in [3.8, 4) is 0 Å². The van der Waals surface area contributed by atoms with Crippen LogP contribution in [0.3, 0.4) is 0 Å². The van der Waals surface area contributed by atoms with E-state index in [1.807, 2.05) is 18.2 Å². The molecular formula is C14H17BrN2O2S. The molecule has 0 saturated carbocycles. The second kappa shape index (κ2) is 6.63. The minimum Gasteiger partial charge on any atom is -0.481 e. The first-order valence-corrected chi connectivity index (χ1v) is 8.25. The van der Waals surface area contributed by atoms with Gasteiger partial charge in [-0.1, -0.05) is 41.5 Å². The predicted molar refractivity (Wildman–Crippen MR) is 85.2 cm³/mol. The van der Waals surface area contributed by atoms with Crippen molar-refractivity contribution in [2.75, 3.05) is 5.75 Å². The van der Waals surface area contributed by atoms with Crippen molar-refractivity contribution in [1.82, 2.24) is 9.55 Å². The van der Waals surface area contributed by atoms with Crippen LogP contribution in [0.2, 0.25) is 0 Å². The van der Waals surface area contributed by atoms with Crippen LogP contribution in [0.25, 0.3) is 11.0 Å². The summed E-state index contributed by atoms with van der Waals surface area (Å²) in [7, 11) is 0. The van der Waals surface area contributed by atoms with Gasteiger partial charge in [-0.2, -0.15) is 0 Å². The third-order valence-corrected chi connectivity index (χ3v) is 4.38. The van der Waals surface area contributed by atoms with Crippen molar-refractivity contribution in [3.63, 3.8) is 0 Å². The van der Waals surface area contributed by atoms with Crippen LogP contribution in [-0.2, 0) is 11.3 Å². The molecule has 6 heteroatoms. The van der Waals surface area contributed by atoms with Gasteiger partial charge in [-0.05, 0) is 30.5 Å². The lowest BCUT2D eigenvalue weighted by atomic mass is 10.1. The number of thioether (sulfide) groups is 1. The number of rotatable bonds is 6. The fourth-order valence-electron chi connectivity index (χ4n) is 1.91. The summed E-state index contributed by atoms with van der Waals surface area (Å²) in [5, 5.41) is 9.62. The number of aliphatic carboxylic acids is 1. The Morgan fingerprint density at radius 3 is 2.90 bits per heavy atom. The van der Waals surface area contributed by atoms with Crippen molar-refractivity contribution >= 4 is 44.7 Å². The Kier molecular flexibility index (Phi) is 5.10. The molecule has 0 unspecified atom stereocenters. The summed E-state index contributed by atoms with van der Waals surface area (Å²) in [6, 6.07) is 5.94. The standard InChI is InChI=1S/C14H17BrN2O2S/c1-9(2)5-6-17-12-7-10(15)3-4-11(12)16-14(17)20-8-13(18)19/h3-4,7,9H,5-6,8H2,1-2H3,(H,18,19). The number of carbonyl (C=O) groups is 1. The van der Waals surface area contributed by atoms with E-state index in [1.54, 1.807) is 0 Å². The van der Waals surface area contributed by atoms with Gasteiger partial charge in [0.2, 0.25) is 0 Å². The lowest BCUT2D eigenvalue weighted by molar-refractivity contribution is -0.133. The molecule has 1 aromatic carbocycles. The van der Waals surface area contributed by atoms with E-state index in [4.69, 9.17) is 5.11 Å². The van der Waals surface area contributed by atoms with Crippen LogP contribution in [0.15, 0.2) is 27.8 Å². The molecule has 2 rings (SSSR count). The molecule has 0 bridgehead atoms. The van der Waals surface area contributed by atoms with Crippen molar-refractivity contribution in [3.05, 3.63) is 22.7 Å². The van der Waals surface area contributed by atoms with Gasteiger partial charge in [-0.15, -0.1) is 0 Å². The highest BCUT2D eigenvalue weighted by Crippen LogP contribution is 2.27. The van der Waals surface area contributed by atoms with Crippen LogP contribution in [0.1, 0.15) is 20.3 Å². The highest BCUT2D eigenvalue weighted by molar-refractivity contribution is 9.10. The van der Waals surface area contributed by atoms with Crippen LogP contribution in [0.5, 0.6) is 0 Å². The molecular weight excluding hydrogens is 340 g/mol. The number of carboxylic acids is 1. The van der Waals surface area contributed by atoms with Crippen LogP contribution < -0.4 is 0 Å². The molecule has 0 atom stereocenters. The highest BCUT2D eigenvalue weighted by Gasteiger charge is 2.13.